The van der Waals surface area contributed by atoms with Crippen molar-refractivity contribution in [2.75, 3.05) is 0 Å². The van der Waals surface area contributed by atoms with E-state index in [0.717, 1.165) is 6.07 Å². The van der Waals surface area contributed by atoms with Crippen LogP contribution in [0.15, 0.2) is 36.9 Å². The summed E-state index contributed by atoms with van der Waals surface area (Å²) in [5.74, 6) is -2.21. The molecule has 1 aromatic carbocycles. The standard InChI is InChI=1S/C11H7FN2O3/c12-9-3-1-2-8(11(15)16)10(9)17-7-4-13-6-14-5-7/h1-6H,(H,15,16). The van der Waals surface area contributed by atoms with Crippen LogP contribution in [-0.4, -0.2) is 21.0 Å². The van der Waals surface area contributed by atoms with E-state index in [1.54, 1.807) is 0 Å². The molecule has 0 saturated carbocycles. The van der Waals surface area contributed by atoms with E-state index in [9.17, 15) is 9.18 Å². The summed E-state index contributed by atoms with van der Waals surface area (Å²) in [5, 5.41) is 8.89. The molecule has 0 fully saturated rings. The minimum absolute atomic E-state index is 0.167. The van der Waals surface area contributed by atoms with Gasteiger partial charge in [0.1, 0.15) is 11.9 Å². The van der Waals surface area contributed by atoms with Crippen molar-refractivity contribution in [1.82, 2.24) is 9.97 Å². The molecule has 2 aromatic rings. The highest BCUT2D eigenvalue weighted by atomic mass is 19.1. The summed E-state index contributed by atoms with van der Waals surface area (Å²) in [6, 6.07) is 3.67. The van der Waals surface area contributed by atoms with Crippen LogP contribution in [0.1, 0.15) is 10.4 Å². The van der Waals surface area contributed by atoms with E-state index in [1.165, 1.54) is 30.9 Å². The molecule has 2 rings (SSSR count). The van der Waals surface area contributed by atoms with Gasteiger partial charge in [0.2, 0.25) is 0 Å². The Kier molecular flexibility index (Phi) is 2.95. The summed E-state index contributed by atoms with van der Waals surface area (Å²) in [7, 11) is 0. The molecular formula is C11H7FN2O3. The van der Waals surface area contributed by atoms with Gasteiger partial charge >= 0.3 is 5.97 Å². The molecule has 5 nitrogen and oxygen atoms in total. The maximum Gasteiger partial charge on any atom is 0.339 e. The number of carboxylic acid groups (broad SMARTS) is 1. The lowest BCUT2D eigenvalue weighted by atomic mass is 10.2. The fraction of sp³-hybridized carbons (Fsp3) is 0. The molecule has 0 amide bonds. The third kappa shape index (κ3) is 2.36. The average Bonchev–Trinajstić information content (AvgIpc) is 2.33. The number of carboxylic acids is 1. The number of para-hydroxylation sites is 1. The van der Waals surface area contributed by atoms with Crippen LogP contribution in [-0.2, 0) is 0 Å². The topological polar surface area (TPSA) is 72.3 Å². The van der Waals surface area contributed by atoms with Crippen LogP contribution in [0.2, 0.25) is 0 Å². The quantitative estimate of drug-likeness (QED) is 0.880. The first kappa shape index (κ1) is 11.0. The van der Waals surface area contributed by atoms with E-state index in [0.29, 0.717) is 0 Å². The summed E-state index contributed by atoms with van der Waals surface area (Å²) < 4.78 is 18.6. The lowest BCUT2D eigenvalue weighted by Crippen LogP contribution is -2.02. The number of halogens is 1. The molecule has 0 aliphatic carbocycles. The zero-order chi connectivity index (χ0) is 12.3. The summed E-state index contributed by atoms with van der Waals surface area (Å²) >= 11 is 0. The predicted octanol–water partition coefficient (Wildman–Crippen LogP) is 2.11. The fourth-order valence-electron chi connectivity index (χ4n) is 1.24. The summed E-state index contributed by atoms with van der Waals surface area (Å²) in [4.78, 5) is 18.2. The number of aromatic nitrogens is 2. The van der Waals surface area contributed by atoms with Crippen molar-refractivity contribution >= 4 is 5.97 Å². The molecule has 0 unspecified atom stereocenters. The van der Waals surface area contributed by atoms with Gasteiger partial charge in [0, 0.05) is 0 Å². The zero-order valence-electron chi connectivity index (χ0n) is 8.50. The van der Waals surface area contributed by atoms with Crippen molar-refractivity contribution in [1.29, 1.82) is 0 Å². The van der Waals surface area contributed by atoms with Gasteiger partial charge in [-0.05, 0) is 12.1 Å². The van der Waals surface area contributed by atoms with Crippen LogP contribution in [0.4, 0.5) is 4.39 Å². The lowest BCUT2D eigenvalue weighted by Gasteiger charge is -2.08. The van der Waals surface area contributed by atoms with E-state index >= 15 is 0 Å². The van der Waals surface area contributed by atoms with Crippen LogP contribution in [0.5, 0.6) is 11.5 Å². The molecule has 6 heteroatoms. The molecule has 0 spiro atoms. The van der Waals surface area contributed by atoms with Gasteiger partial charge in [-0.1, -0.05) is 6.07 Å². The van der Waals surface area contributed by atoms with Crippen molar-refractivity contribution in [2.24, 2.45) is 0 Å². The Morgan fingerprint density at radius 2 is 2.00 bits per heavy atom. The van der Waals surface area contributed by atoms with Crippen LogP contribution >= 0.6 is 0 Å². The highest BCUT2D eigenvalue weighted by molar-refractivity contribution is 5.91. The number of carbonyl (C=O) groups is 1. The van der Waals surface area contributed by atoms with Gasteiger partial charge in [-0.15, -0.1) is 0 Å². The third-order valence-corrected chi connectivity index (χ3v) is 1.95. The molecule has 0 aliphatic heterocycles. The highest BCUT2D eigenvalue weighted by Crippen LogP contribution is 2.27. The normalized spacial score (nSPS) is 9.94. The summed E-state index contributed by atoms with van der Waals surface area (Å²) in [6.07, 6.45) is 3.91. The maximum absolute atomic E-state index is 13.5. The van der Waals surface area contributed by atoms with Gasteiger partial charge < -0.3 is 9.84 Å². The Hall–Kier alpha value is -2.50. The van der Waals surface area contributed by atoms with Crippen molar-refractivity contribution in [2.45, 2.75) is 0 Å². The number of aromatic carboxylic acids is 1. The minimum atomic E-state index is -1.27. The molecular weight excluding hydrogens is 227 g/mol. The third-order valence-electron chi connectivity index (χ3n) is 1.95. The maximum atomic E-state index is 13.5. The van der Waals surface area contributed by atoms with Gasteiger partial charge in [0.25, 0.3) is 0 Å². The van der Waals surface area contributed by atoms with Crippen molar-refractivity contribution in [3.63, 3.8) is 0 Å². The van der Waals surface area contributed by atoms with Gasteiger partial charge in [-0.2, -0.15) is 0 Å². The Morgan fingerprint density at radius 3 is 2.65 bits per heavy atom. The van der Waals surface area contributed by atoms with Gasteiger partial charge in [0.05, 0.1) is 12.4 Å². The van der Waals surface area contributed by atoms with Crippen molar-refractivity contribution < 1.29 is 19.0 Å². The first-order valence-corrected chi connectivity index (χ1v) is 4.63. The van der Waals surface area contributed by atoms with Crippen LogP contribution in [0.3, 0.4) is 0 Å². The SMILES string of the molecule is O=C(O)c1cccc(F)c1Oc1cncnc1. The second kappa shape index (κ2) is 4.56. The first-order valence-electron chi connectivity index (χ1n) is 4.63. The smallest absolute Gasteiger partial charge is 0.339 e. The van der Waals surface area contributed by atoms with Crippen LogP contribution in [0.25, 0.3) is 0 Å². The predicted molar refractivity (Wildman–Crippen MR) is 55.5 cm³/mol. The van der Waals surface area contributed by atoms with Gasteiger partial charge in [-0.3, -0.25) is 0 Å². The van der Waals surface area contributed by atoms with Crippen molar-refractivity contribution in [3.05, 3.63) is 48.3 Å². The van der Waals surface area contributed by atoms with Gasteiger partial charge in [-0.25, -0.2) is 19.2 Å². The molecule has 0 aliphatic rings. The molecule has 0 atom stereocenters. The second-order valence-corrected chi connectivity index (χ2v) is 3.10. The Morgan fingerprint density at radius 1 is 1.29 bits per heavy atom. The number of rotatable bonds is 3. The molecule has 17 heavy (non-hydrogen) atoms. The monoisotopic (exact) mass is 234 g/mol. The van der Waals surface area contributed by atoms with Crippen LogP contribution in [0, 0.1) is 5.82 Å². The van der Waals surface area contributed by atoms with Crippen molar-refractivity contribution in [3.8, 4) is 11.5 Å². The molecule has 86 valence electrons. The largest absolute Gasteiger partial charge is 0.478 e. The molecule has 0 bridgehead atoms. The number of ether oxygens (including phenoxy) is 1. The molecule has 0 radical (unpaired) electrons. The Bertz CT molecular complexity index is 546. The zero-order valence-corrected chi connectivity index (χ0v) is 8.50. The average molecular weight is 234 g/mol. The van der Waals surface area contributed by atoms with E-state index in [4.69, 9.17) is 9.84 Å². The van der Waals surface area contributed by atoms with E-state index in [1.807, 2.05) is 0 Å². The number of hydrogen-bond acceptors (Lipinski definition) is 4. The first-order chi connectivity index (χ1) is 8.18. The Labute approximate surface area is 95.5 Å². The lowest BCUT2D eigenvalue weighted by molar-refractivity contribution is 0.0693. The summed E-state index contributed by atoms with van der Waals surface area (Å²) in [6.45, 7) is 0. The molecule has 1 aromatic heterocycles. The minimum Gasteiger partial charge on any atom is -0.478 e. The second-order valence-electron chi connectivity index (χ2n) is 3.10. The van der Waals surface area contributed by atoms with Gasteiger partial charge in [0.15, 0.2) is 17.3 Å². The van der Waals surface area contributed by atoms with E-state index in [2.05, 4.69) is 9.97 Å². The number of nitrogens with zero attached hydrogens (tertiary/aromatic N) is 2. The Balaban J connectivity index is 2.41. The fourth-order valence-corrected chi connectivity index (χ4v) is 1.24. The number of hydrogen-bond donors (Lipinski definition) is 1. The van der Waals surface area contributed by atoms with Crippen LogP contribution < -0.4 is 4.74 Å². The highest BCUT2D eigenvalue weighted by Gasteiger charge is 2.16. The van der Waals surface area contributed by atoms with E-state index < -0.39 is 11.8 Å². The summed E-state index contributed by atoms with van der Waals surface area (Å²) in [5.41, 5.74) is -0.256. The molecule has 1 heterocycles. The van der Waals surface area contributed by atoms with E-state index in [-0.39, 0.29) is 17.1 Å². The number of benzene rings is 1. The molecule has 1 N–H and O–H groups in total. The molecule has 0 saturated heterocycles.